The fourth-order valence-corrected chi connectivity index (χ4v) is 3.65. The topological polar surface area (TPSA) is 82.1 Å². The Bertz CT molecular complexity index is 640. The zero-order chi connectivity index (χ0) is 20.1. The Balaban J connectivity index is 1.90. The molecular formula is C20H29NO6. The van der Waals surface area contributed by atoms with Gasteiger partial charge in [0.15, 0.2) is 0 Å². The van der Waals surface area contributed by atoms with Crippen LogP contribution in [-0.2, 0) is 28.6 Å². The van der Waals surface area contributed by atoms with Crippen molar-refractivity contribution in [3.8, 4) is 0 Å². The Kier molecular flexibility index (Phi) is 7.18. The summed E-state index contributed by atoms with van der Waals surface area (Å²) >= 11 is 0. The van der Waals surface area contributed by atoms with Gasteiger partial charge in [0.25, 0.3) is 0 Å². The highest BCUT2D eigenvalue weighted by Crippen LogP contribution is 2.37. The molecule has 0 N–H and O–H groups in total. The minimum Gasteiger partial charge on any atom is -0.463 e. The number of likely N-dealkylation sites (N-methyl/N-ethyl adjacent to an activating group) is 1. The maximum atomic E-state index is 12.1. The van der Waals surface area contributed by atoms with Crippen LogP contribution in [0.1, 0.15) is 46.5 Å². The molecule has 4 unspecified atom stereocenters. The van der Waals surface area contributed by atoms with E-state index in [1.165, 1.54) is 0 Å². The number of nitrogens with zero attached hydrogens (tertiary/aromatic N) is 1. The monoisotopic (exact) mass is 379 g/mol. The van der Waals surface area contributed by atoms with Gasteiger partial charge in [0.1, 0.15) is 12.2 Å². The highest BCUT2D eigenvalue weighted by atomic mass is 16.6. The first-order chi connectivity index (χ1) is 12.8. The lowest BCUT2D eigenvalue weighted by Gasteiger charge is -2.36. The fourth-order valence-electron chi connectivity index (χ4n) is 3.65. The smallest absolute Gasteiger partial charge is 0.333 e. The van der Waals surface area contributed by atoms with Crippen molar-refractivity contribution in [1.29, 1.82) is 0 Å². The van der Waals surface area contributed by atoms with Gasteiger partial charge in [-0.25, -0.2) is 9.59 Å². The van der Waals surface area contributed by atoms with Gasteiger partial charge in [-0.05, 0) is 27.8 Å². The van der Waals surface area contributed by atoms with E-state index in [9.17, 15) is 14.4 Å². The van der Waals surface area contributed by atoms with E-state index in [-0.39, 0.29) is 48.9 Å². The van der Waals surface area contributed by atoms with Gasteiger partial charge in [0.05, 0.1) is 19.1 Å². The van der Waals surface area contributed by atoms with E-state index < -0.39 is 11.9 Å². The van der Waals surface area contributed by atoms with Gasteiger partial charge in [0.2, 0.25) is 0 Å². The third-order valence-electron chi connectivity index (χ3n) is 5.31. The summed E-state index contributed by atoms with van der Waals surface area (Å²) in [7, 11) is 2.01. The number of fused-ring (bicyclic) bond motifs is 2. The average molecular weight is 379 g/mol. The van der Waals surface area contributed by atoms with Gasteiger partial charge in [-0.3, -0.25) is 9.69 Å². The molecule has 7 nitrogen and oxygen atoms in total. The van der Waals surface area contributed by atoms with E-state index in [0.29, 0.717) is 18.4 Å². The molecule has 0 aromatic carbocycles. The molecule has 0 radical (unpaired) electrons. The lowest BCUT2D eigenvalue weighted by molar-refractivity contribution is -0.155. The number of hydrogen-bond acceptors (Lipinski definition) is 7. The predicted octanol–water partition coefficient (Wildman–Crippen LogP) is 2.15. The number of carbonyl (C=O) groups excluding carboxylic acids is 3. The Hall–Kier alpha value is -2.15. The molecule has 4 atom stereocenters. The van der Waals surface area contributed by atoms with Crippen molar-refractivity contribution in [3.05, 3.63) is 23.8 Å². The third kappa shape index (κ3) is 5.19. The molecule has 27 heavy (non-hydrogen) atoms. The number of allylic oxidation sites excluding steroid dienone is 1. The zero-order valence-electron chi connectivity index (χ0n) is 16.5. The number of piperidine rings is 1. The van der Waals surface area contributed by atoms with Crippen LogP contribution in [-0.4, -0.2) is 60.8 Å². The van der Waals surface area contributed by atoms with Crippen molar-refractivity contribution >= 4 is 17.9 Å². The van der Waals surface area contributed by atoms with E-state index in [1.807, 2.05) is 7.05 Å². The average Bonchev–Trinajstić information content (AvgIpc) is 2.79. The fraction of sp³-hybridized carbons (Fsp3) is 0.650. The number of carbonyl (C=O) groups is 3. The largest absolute Gasteiger partial charge is 0.463 e. The van der Waals surface area contributed by atoms with Crippen LogP contribution in [0.15, 0.2) is 23.8 Å². The van der Waals surface area contributed by atoms with E-state index in [1.54, 1.807) is 26.8 Å². The molecule has 0 aromatic rings. The van der Waals surface area contributed by atoms with E-state index in [2.05, 4.69) is 11.5 Å². The Morgan fingerprint density at radius 2 is 1.85 bits per heavy atom. The number of rotatable bonds is 7. The molecule has 2 aliphatic heterocycles. The van der Waals surface area contributed by atoms with Gasteiger partial charge in [-0.15, -0.1) is 0 Å². The van der Waals surface area contributed by atoms with Gasteiger partial charge < -0.3 is 14.2 Å². The molecule has 0 saturated carbocycles. The molecule has 2 aliphatic rings. The summed E-state index contributed by atoms with van der Waals surface area (Å²) in [5.41, 5.74) is 0.672. The Morgan fingerprint density at radius 3 is 2.48 bits per heavy atom. The van der Waals surface area contributed by atoms with Gasteiger partial charge in [-0.1, -0.05) is 12.7 Å². The first-order valence-corrected chi connectivity index (χ1v) is 9.37. The van der Waals surface area contributed by atoms with Crippen molar-refractivity contribution in [2.75, 3.05) is 13.7 Å². The van der Waals surface area contributed by atoms with Crippen LogP contribution in [0.2, 0.25) is 0 Å². The molecule has 0 aromatic heterocycles. The van der Waals surface area contributed by atoms with Crippen LogP contribution in [0.3, 0.4) is 0 Å². The number of ether oxygens (including phenoxy) is 3. The summed E-state index contributed by atoms with van der Waals surface area (Å²) < 4.78 is 16.0. The summed E-state index contributed by atoms with van der Waals surface area (Å²) in [6, 6.07) is 0.210. The van der Waals surface area contributed by atoms with Crippen LogP contribution in [0.4, 0.5) is 0 Å². The molecule has 0 spiro atoms. The molecule has 2 saturated heterocycles. The maximum absolute atomic E-state index is 12.1. The molecular weight excluding hydrogens is 350 g/mol. The molecule has 2 fully saturated rings. The van der Waals surface area contributed by atoms with Crippen molar-refractivity contribution in [3.63, 3.8) is 0 Å². The van der Waals surface area contributed by atoms with Crippen LogP contribution < -0.4 is 0 Å². The molecule has 2 bridgehead atoms. The van der Waals surface area contributed by atoms with Crippen LogP contribution in [0, 0.1) is 0 Å². The molecule has 2 heterocycles. The second-order valence-electron chi connectivity index (χ2n) is 7.12. The third-order valence-corrected chi connectivity index (χ3v) is 5.31. The minimum atomic E-state index is -0.579. The van der Waals surface area contributed by atoms with Crippen LogP contribution >= 0.6 is 0 Å². The first-order valence-electron chi connectivity index (χ1n) is 9.37. The first kappa shape index (κ1) is 21.2. The SMILES string of the molecule is C=C(CC(=O)OC1CC2CC(OC(=O)/C(C)=C/C)C(C1)N2C)C(=O)OCC. The molecule has 2 rings (SSSR count). The molecule has 0 aliphatic carbocycles. The molecule has 7 heteroatoms. The second kappa shape index (κ2) is 9.17. The van der Waals surface area contributed by atoms with E-state index in [4.69, 9.17) is 14.2 Å². The minimum absolute atomic E-state index is 0.0171. The lowest BCUT2D eigenvalue weighted by Crippen LogP contribution is -2.46. The Morgan fingerprint density at radius 1 is 1.15 bits per heavy atom. The summed E-state index contributed by atoms with van der Waals surface area (Å²) in [5, 5.41) is 0. The van der Waals surface area contributed by atoms with Gasteiger partial charge >= 0.3 is 17.9 Å². The Labute approximate surface area is 160 Å². The summed E-state index contributed by atoms with van der Waals surface area (Å²) in [6.45, 7) is 9.04. The molecule has 0 amide bonds. The summed E-state index contributed by atoms with van der Waals surface area (Å²) in [6.07, 6.45) is 3.09. The second-order valence-corrected chi connectivity index (χ2v) is 7.12. The number of hydrogen-bond donors (Lipinski definition) is 0. The van der Waals surface area contributed by atoms with Gasteiger partial charge in [0, 0.05) is 36.5 Å². The molecule has 150 valence electrons. The number of esters is 3. The highest BCUT2D eigenvalue weighted by Gasteiger charge is 2.47. The maximum Gasteiger partial charge on any atom is 0.333 e. The van der Waals surface area contributed by atoms with Crippen molar-refractivity contribution in [1.82, 2.24) is 4.90 Å². The van der Waals surface area contributed by atoms with E-state index in [0.717, 1.165) is 6.42 Å². The van der Waals surface area contributed by atoms with E-state index >= 15 is 0 Å². The van der Waals surface area contributed by atoms with Crippen molar-refractivity contribution in [2.24, 2.45) is 0 Å². The lowest BCUT2D eigenvalue weighted by atomic mass is 10.00. The highest BCUT2D eigenvalue weighted by molar-refractivity contribution is 5.93. The summed E-state index contributed by atoms with van der Waals surface area (Å²) in [4.78, 5) is 38.0. The quantitative estimate of drug-likeness (QED) is 0.381. The zero-order valence-corrected chi connectivity index (χ0v) is 16.5. The normalized spacial score (nSPS) is 27.8. The van der Waals surface area contributed by atoms with Crippen molar-refractivity contribution < 1.29 is 28.6 Å². The van der Waals surface area contributed by atoms with Crippen molar-refractivity contribution in [2.45, 2.75) is 70.7 Å². The van der Waals surface area contributed by atoms with Gasteiger partial charge in [-0.2, -0.15) is 0 Å². The predicted molar refractivity (Wildman–Crippen MR) is 98.8 cm³/mol. The standard InChI is InChI=1S/C20H29NO6/c1-6-12(3)20(24)27-17-10-14-9-15(11-16(17)21(14)5)26-18(22)8-13(4)19(23)25-7-2/h6,14-17H,4,7-11H2,1-3,5H3/b12-6+. The summed E-state index contributed by atoms with van der Waals surface area (Å²) in [5.74, 6) is -1.37. The van der Waals surface area contributed by atoms with Crippen LogP contribution in [0.25, 0.3) is 0 Å². The van der Waals surface area contributed by atoms with Crippen LogP contribution in [0.5, 0.6) is 0 Å².